The lowest BCUT2D eigenvalue weighted by Gasteiger charge is -2.10. The van der Waals surface area contributed by atoms with Gasteiger partial charge in [-0.05, 0) is 42.5 Å². The molecular formula is C19H20F2O. The van der Waals surface area contributed by atoms with Crippen LogP contribution in [0.15, 0.2) is 49.1 Å². The van der Waals surface area contributed by atoms with Crippen molar-refractivity contribution in [2.24, 2.45) is 0 Å². The fraction of sp³-hybridized carbons (Fsp3) is 0.263. The normalized spacial score (nSPS) is 10.5. The fourth-order valence-electron chi connectivity index (χ4n) is 2.20. The second-order valence-corrected chi connectivity index (χ2v) is 5.11. The van der Waals surface area contributed by atoms with Crippen LogP contribution in [0.3, 0.4) is 0 Å². The molecule has 0 aliphatic rings. The molecule has 0 saturated carbocycles. The molecule has 3 heteroatoms. The molecule has 0 atom stereocenters. The van der Waals surface area contributed by atoms with E-state index in [9.17, 15) is 8.78 Å². The van der Waals surface area contributed by atoms with Crippen LogP contribution in [0.1, 0.15) is 25.3 Å². The zero-order valence-corrected chi connectivity index (χ0v) is 12.7. The van der Waals surface area contributed by atoms with Crippen molar-refractivity contribution in [2.45, 2.75) is 26.2 Å². The van der Waals surface area contributed by atoms with Crippen LogP contribution in [0.25, 0.3) is 11.1 Å². The number of benzene rings is 2. The number of ether oxygens (including phenoxy) is 1. The number of allylic oxidation sites excluding steroid dienone is 1. The van der Waals surface area contributed by atoms with Crippen LogP contribution >= 0.6 is 0 Å². The molecule has 0 fully saturated rings. The Kier molecular flexibility index (Phi) is 5.70. The average Bonchev–Trinajstić information content (AvgIpc) is 2.55. The van der Waals surface area contributed by atoms with Gasteiger partial charge in [-0.1, -0.05) is 37.3 Å². The largest absolute Gasteiger partial charge is 0.490 e. The predicted octanol–water partition coefficient (Wildman–Crippen LogP) is 5.54. The minimum atomic E-state index is -0.929. The van der Waals surface area contributed by atoms with E-state index < -0.39 is 11.6 Å². The summed E-state index contributed by atoms with van der Waals surface area (Å²) in [5.41, 5.74) is 2.05. The summed E-state index contributed by atoms with van der Waals surface area (Å²) in [6, 6.07) is 10.5. The third-order valence-corrected chi connectivity index (χ3v) is 3.41. The van der Waals surface area contributed by atoms with Crippen molar-refractivity contribution >= 4 is 0 Å². The molecule has 0 N–H and O–H groups in total. The third-order valence-electron chi connectivity index (χ3n) is 3.41. The Morgan fingerprint density at radius 1 is 1.05 bits per heavy atom. The van der Waals surface area contributed by atoms with E-state index in [1.165, 1.54) is 6.07 Å². The van der Waals surface area contributed by atoms with E-state index in [4.69, 9.17) is 4.74 Å². The van der Waals surface area contributed by atoms with Crippen LogP contribution in [0.4, 0.5) is 8.78 Å². The summed E-state index contributed by atoms with van der Waals surface area (Å²) in [4.78, 5) is 0. The zero-order valence-electron chi connectivity index (χ0n) is 12.7. The molecule has 22 heavy (non-hydrogen) atoms. The first-order chi connectivity index (χ1) is 10.7. The standard InChI is InChI=1S/C19H20F2O/c1-3-5-6-14-7-9-15(10-8-14)16-11-12-17(22-13-4-2)19(21)18(16)20/h3,7-12H,1,4-6,13H2,2H3. The van der Waals surface area contributed by atoms with E-state index in [-0.39, 0.29) is 11.3 Å². The summed E-state index contributed by atoms with van der Waals surface area (Å²) in [5.74, 6) is -1.83. The van der Waals surface area contributed by atoms with Gasteiger partial charge in [-0.3, -0.25) is 0 Å². The number of halogens is 2. The van der Waals surface area contributed by atoms with Gasteiger partial charge in [-0.15, -0.1) is 6.58 Å². The van der Waals surface area contributed by atoms with E-state index in [1.807, 2.05) is 37.3 Å². The highest BCUT2D eigenvalue weighted by atomic mass is 19.2. The summed E-state index contributed by atoms with van der Waals surface area (Å²) >= 11 is 0. The first kappa shape index (κ1) is 16.2. The quantitative estimate of drug-likeness (QED) is 0.610. The Bertz CT molecular complexity index is 633. The van der Waals surface area contributed by atoms with Crippen molar-refractivity contribution in [1.82, 2.24) is 0 Å². The Labute approximate surface area is 130 Å². The van der Waals surface area contributed by atoms with Crippen molar-refractivity contribution in [1.29, 1.82) is 0 Å². The summed E-state index contributed by atoms with van der Waals surface area (Å²) in [7, 11) is 0. The van der Waals surface area contributed by atoms with Gasteiger partial charge in [0, 0.05) is 5.56 Å². The molecule has 0 amide bonds. The summed E-state index contributed by atoms with van der Waals surface area (Å²) in [6.45, 7) is 5.97. The van der Waals surface area contributed by atoms with E-state index in [0.717, 1.165) is 24.8 Å². The maximum Gasteiger partial charge on any atom is 0.201 e. The molecule has 0 heterocycles. The van der Waals surface area contributed by atoms with Gasteiger partial charge in [0.05, 0.1) is 6.61 Å². The lowest BCUT2D eigenvalue weighted by atomic mass is 10.0. The van der Waals surface area contributed by atoms with Crippen molar-refractivity contribution in [3.8, 4) is 16.9 Å². The van der Waals surface area contributed by atoms with E-state index in [1.54, 1.807) is 6.07 Å². The maximum atomic E-state index is 14.2. The summed E-state index contributed by atoms with van der Waals surface area (Å²) < 4.78 is 33.4. The SMILES string of the molecule is C=CCCc1ccc(-c2ccc(OCCC)c(F)c2F)cc1. The first-order valence-electron chi connectivity index (χ1n) is 7.48. The van der Waals surface area contributed by atoms with Crippen LogP contribution in [0.2, 0.25) is 0 Å². The van der Waals surface area contributed by atoms with Crippen LogP contribution in [0, 0.1) is 11.6 Å². The highest BCUT2D eigenvalue weighted by molar-refractivity contribution is 5.65. The highest BCUT2D eigenvalue weighted by Crippen LogP contribution is 2.30. The molecule has 0 aliphatic heterocycles. The smallest absolute Gasteiger partial charge is 0.201 e. The Morgan fingerprint density at radius 3 is 2.41 bits per heavy atom. The minimum absolute atomic E-state index is 0.0364. The second kappa shape index (κ2) is 7.74. The fourth-order valence-corrected chi connectivity index (χ4v) is 2.20. The first-order valence-corrected chi connectivity index (χ1v) is 7.48. The van der Waals surface area contributed by atoms with Gasteiger partial charge < -0.3 is 4.74 Å². The third kappa shape index (κ3) is 3.73. The zero-order chi connectivity index (χ0) is 15.9. The van der Waals surface area contributed by atoms with Crippen LogP contribution in [0.5, 0.6) is 5.75 Å². The van der Waals surface area contributed by atoms with Crippen molar-refractivity contribution < 1.29 is 13.5 Å². The molecule has 0 aromatic heterocycles. The lowest BCUT2D eigenvalue weighted by molar-refractivity contribution is 0.295. The second-order valence-electron chi connectivity index (χ2n) is 5.11. The topological polar surface area (TPSA) is 9.23 Å². The molecular weight excluding hydrogens is 282 g/mol. The van der Waals surface area contributed by atoms with Crippen LogP contribution < -0.4 is 4.74 Å². The highest BCUT2D eigenvalue weighted by Gasteiger charge is 2.15. The Hall–Kier alpha value is -2.16. The van der Waals surface area contributed by atoms with Gasteiger partial charge in [0.15, 0.2) is 11.6 Å². The van der Waals surface area contributed by atoms with Gasteiger partial charge in [0.2, 0.25) is 5.82 Å². The van der Waals surface area contributed by atoms with Gasteiger partial charge in [-0.25, -0.2) is 4.39 Å². The predicted molar refractivity (Wildman–Crippen MR) is 86.1 cm³/mol. The molecule has 0 radical (unpaired) electrons. The number of hydrogen-bond acceptors (Lipinski definition) is 1. The molecule has 116 valence electrons. The Morgan fingerprint density at radius 2 is 1.77 bits per heavy atom. The molecule has 0 saturated heterocycles. The minimum Gasteiger partial charge on any atom is -0.490 e. The average molecular weight is 302 g/mol. The van der Waals surface area contributed by atoms with E-state index in [2.05, 4.69) is 6.58 Å². The van der Waals surface area contributed by atoms with Gasteiger partial charge in [-0.2, -0.15) is 4.39 Å². The van der Waals surface area contributed by atoms with Crippen LogP contribution in [-0.2, 0) is 6.42 Å². The van der Waals surface area contributed by atoms with Gasteiger partial charge >= 0.3 is 0 Å². The maximum absolute atomic E-state index is 14.2. The molecule has 0 bridgehead atoms. The van der Waals surface area contributed by atoms with E-state index >= 15 is 0 Å². The molecule has 2 aromatic carbocycles. The van der Waals surface area contributed by atoms with Gasteiger partial charge in [0.1, 0.15) is 0 Å². The summed E-state index contributed by atoms with van der Waals surface area (Å²) in [5, 5.41) is 0. The molecule has 0 spiro atoms. The van der Waals surface area contributed by atoms with Crippen molar-refractivity contribution in [3.63, 3.8) is 0 Å². The van der Waals surface area contributed by atoms with Crippen molar-refractivity contribution in [3.05, 3.63) is 66.3 Å². The van der Waals surface area contributed by atoms with Crippen LogP contribution in [-0.4, -0.2) is 6.61 Å². The number of rotatable bonds is 7. The number of hydrogen-bond donors (Lipinski definition) is 0. The Balaban J connectivity index is 2.25. The van der Waals surface area contributed by atoms with Crippen molar-refractivity contribution in [2.75, 3.05) is 6.61 Å². The van der Waals surface area contributed by atoms with E-state index in [0.29, 0.717) is 12.2 Å². The van der Waals surface area contributed by atoms with Gasteiger partial charge in [0.25, 0.3) is 0 Å². The molecule has 0 unspecified atom stereocenters. The molecule has 1 nitrogen and oxygen atoms in total. The summed E-state index contributed by atoms with van der Waals surface area (Å²) in [6.07, 6.45) is 4.39. The molecule has 2 aromatic rings. The monoisotopic (exact) mass is 302 g/mol. The molecule has 0 aliphatic carbocycles. The number of aryl methyl sites for hydroxylation is 1. The lowest BCUT2D eigenvalue weighted by Crippen LogP contribution is -2.00. The molecule has 2 rings (SSSR count).